The van der Waals surface area contributed by atoms with Crippen LogP contribution in [0.2, 0.25) is 0 Å². The summed E-state index contributed by atoms with van der Waals surface area (Å²) in [7, 11) is 0. The van der Waals surface area contributed by atoms with Crippen molar-refractivity contribution in [1.82, 2.24) is 15.5 Å². The van der Waals surface area contributed by atoms with Crippen LogP contribution in [0, 0.1) is 13.8 Å². The fourth-order valence-corrected chi connectivity index (χ4v) is 3.02. The monoisotopic (exact) mass is 296 g/mol. The molecule has 0 saturated carbocycles. The van der Waals surface area contributed by atoms with Crippen molar-refractivity contribution in [3.63, 3.8) is 0 Å². The number of rotatable bonds is 3. The van der Waals surface area contributed by atoms with E-state index in [4.69, 9.17) is 0 Å². The molecule has 1 fully saturated rings. The van der Waals surface area contributed by atoms with Crippen LogP contribution in [-0.4, -0.2) is 35.9 Å². The molecule has 1 atom stereocenters. The zero-order chi connectivity index (χ0) is 15.5. The smallest absolute Gasteiger partial charge is 0.154 e. The molecule has 0 spiro atoms. The first-order valence-electron chi connectivity index (χ1n) is 8.00. The number of piperazine rings is 1. The number of anilines is 1. The molecule has 1 aliphatic rings. The van der Waals surface area contributed by atoms with Crippen LogP contribution >= 0.6 is 0 Å². The topological polar surface area (TPSA) is 41.1 Å². The van der Waals surface area contributed by atoms with Gasteiger partial charge in [0.2, 0.25) is 0 Å². The van der Waals surface area contributed by atoms with E-state index in [0.29, 0.717) is 6.04 Å². The van der Waals surface area contributed by atoms with Crippen LogP contribution in [0.4, 0.5) is 5.82 Å². The van der Waals surface area contributed by atoms with Crippen molar-refractivity contribution in [3.05, 3.63) is 52.7 Å². The van der Waals surface area contributed by atoms with Gasteiger partial charge < -0.3 is 10.2 Å². The van der Waals surface area contributed by atoms with Crippen molar-refractivity contribution >= 4 is 5.82 Å². The summed E-state index contributed by atoms with van der Waals surface area (Å²) in [6.07, 6.45) is 0.846. The molecule has 1 aromatic carbocycles. The van der Waals surface area contributed by atoms with E-state index in [1.807, 2.05) is 6.07 Å². The van der Waals surface area contributed by atoms with Crippen molar-refractivity contribution in [1.29, 1.82) is 0 Å². The molecule has 0 radical (unpaired) electrons. The Morgan fingerprint density at radius 2 is 1.91 bits per heavy atom. The Bertz CT molecular complexity index is 639. The lowest BCUT2D eigenvalue weighted by Crippen LogP contribution is -2.49. The maximum Gasteiger partial charge on any atom is 0.154 e. The molecule has 4 heteroatoms. The van der Waals surface area contributed by atoms with Crippen molar-refractivity contribution in [2.45, 2.75) is 33.2 Å². The summed E-state index contributed by atoms with van der Waals surface area (Å²) in [5.74, 6) is 1.04. The first kappa shape index (κ1) is 15.0. The highest BCUT2D eigenvalue weighted by Crippen LogP contribution is 2.23. The molecule has 0 bridgehead atoms. The van der Waals surface area contributed by atoms with Gasteiger partial charge in [-0.3, -0.25) is 0 Å². The summed E-state index contributed by atoms with van der Waals surface area (Å²) < 4.78 is 0. The number of hydrogen-bond donors (Lipinski definition) is 1. The molecule has 1 aliphatic heterocycles. The Balaban J connectivity index is 1.85. The molecular formula is C18H24N4. The minimum atomic E-state index is 0.499. The Morgan fingerprint density at radius 1 is 1.14 bits per heavy atom. The molecule has 22 heavy (non-hydrogen) atoms. The average molecular weight is 296 g/mol. The second kappa shape index (κ2) is 6.44. The van der Waals surface area contributed by atoms with Gasteiger partial charge >= 0.3 is 0 Å². The molecule has 1 aromatic heterocycles. The van der Waals surface area contributed by atoms with Crippen LogP contribution in [0.3, 0.4) is 0 Å². The normalized spacial score (nSPS) is 18.5. The maximum atomic E-state index is 4.54. The van der Waals surface area contributed by atoms with Gasteiger partial charge in [0.25, 0.3) is 0 Å². The highest BCUT2D eigenvalue weighted by molar-refractivity contribution is 5.51. The van der Waals surface area contributed by atoms with Gasteiger partial charge in [-0.15, -0.1) is 5.10 Å². The summed E-state index contributed by atoms with van der Waals surface area (Å²) in [5, 5.41) is 12.5. The molecule has 4 nitrogen and oxygen atoms in total. The van der Waals surface area contributed by atoms with Gasteiger partial charge in [-0.1, -0.05) is 30.3 Å². The zero-order valence-corrected chi connectivity index (χ0v) is 13.6. The van der Waals surface area contributed by atoms with E-state index in [9.17, 15) is 0 Å². The van der Waals surface area contributed by atoms with Crippen LogP contribution in [0.25, 0.3) is 0 Å². The second-order valence-corrected chi connectivity index (χ2v) is 6.18. The molecule has 2 aromatic rings. The zero-order valence-electron chi connectivity index (χ0n) is 13.6. The Labute approximate surface area is 132 Å². The van der Waals surface area contributed by atoms with Crippen LogP contribution in [0.5, 0.6) is 0 Å². The summed E-state index contributed by atoms with van der Waals surface area (Å²) >= 11 is 0. The largest absolute Gasteiger partial charge is 0.352 e. The van der Waals surface area contributed by atoms with Crippen molar-refractivity contribution in [2.75, 3.05) is 24.5 Å². The molecular weight excluding hydrogens is 272 g/mol. The van der Waals surface area contributed by atoms with Crippen molar-refractivity contribution in [3.8, 4) is 0 Å². The highest BCUT2D eigenvalue weighted by Gasteiger charge is 2.20. The lowest BCUT2D eigenvalue weighted by Gasteiger charge is -2.33. The Kier molecular flexibility index (Phi) is 4.39. The summed E-state index contributed by atoms with van der Waals surface area (Å²) in [6, 6.07) is 11.0. The highest BCUT2D eigenvalue weighted by atomic mass is 15.3. The van der Waals surface area contributed by atoms with E-state index in [1.54, 1.807) is 0 Å². The van der Waals surface area contributed by atoms with Crippen LogP contribution in [0.15, 0.2) is 30.3 Å². The summed E-state index contributed by atoms with van der Waals surface area (Å²) in [6.45, 7) is 9.54. The minimum Gasteiger partial charge on any atom is -0.352 e. The van der Waals surface area contributed by atoms with Gasteiger partial charge in [-0.2, -0.15) is 5.10 Å². The average Bonchev–Trinajstić information content (AvgIpc) is 2.53. The van der Waals surface area contributed by atoms with Gasteiger partial charge in [0.15, 0.2) is 5.82 Å². The first-order valence-corrected chi connectivity index (χ1v) is 8.00. The number of aromatic nitrogens is 2. The number of hydrogen-bond acceptors (Lipinski definition) is 4. The minimum absolute atomic E-state index is 0.499. The third-order valence-electron chi connectivity index (χ3n) is 4.48. The van der Waals surface area contributed by atoms with Gasteiger partial charge in [-0.05, 0) is 37.5 Å². The third kappa shape index (κ3) is 3.12. The number of nitrogens with zero attached hydrogens (tertiary/aromatic N) is 3. The maximum absolute atomic E-state index is 4.54. The molecule has 116 valence electrons. The van der Waals surface area contributed by atoms with Gasteiger partial charge in [0.05, 0.1) is 5.69 Å². The third-order valence-corrected chi connectivity index (χ3v) is 4.48. The Morgan fingerprint density at radius 3 is 2.64 bits per heavy atom. The standard InChI is InChI=1S/C18H24N4/c1-13-12-22(10-9-19-13)18-15(3)14(2)17(20-21-18)11-16-7-5-4-6-8-16/h4-8,13,19H,9-12H2,1-3H3/t13-/m0/s1. The lowest BCUT2D eigenvalue weighted by molar-refractivity contribution is 0.480. The van der Waals surface area contributed by atoms with E-state index >= 15 is 0 Å². The molecule has 1 saturated heterocycles. The number of benzene rings is 1. The van der Waals surface area contributed by atoms with Crippen LogP contribution in [-0.2, 0) is 6.42 Å². The predicted molar refractivity (Wildman–Crippen MR) is 90.4 cm³/mol. The van der Waals surface area contributed by atoms with E-state index in [0.717, 1.165) is 37.6 Å². The SMILES string of the molecule is Cc1c(Cc2ccccc2)nnc(N2CCN[C@@H](C)C2)c1C. The first-order chi connectivity index (χ1) is 10.6. The van der Waals surface area contributed by atoms with E-state index in [1.165, 1.54) is 16.7 Å². The summed E-state index contributed by atoms with van der Waals surface area (Å²) in [5.41, 5.74) is 4.88. The lowest BCUT2D eigenvalue weighted by atomic mass is 10.0. The fourth-order valence-electron chi connectivity index (χ4n) is 3.02. The molecule has 0 amide bonds. The van der Waals surface area contributed by atoms with Crippen molar-refractivity contribution < 1.29 is 0 Å². The fraction of sp³-hybridized carbons (Fsp3) is 0.444. The second-order valence-electron chi connectivity index (χ2n) is 6.18. The Hall–Kier alpha value is -1.94. The van der Waals surface area contributed by atoms with Crippen LogP contribution < -0.4 is 10.2 Å². The quantitative estimate of drug-likeness (QED) is 0.945. The van der Waals surface area contributed by atoms with Gasteiger partial charge in [0, 0.05) is 32.1 Å². The number of nitrogens with one attached hydrogen (secondary N) is 1. The van der Waals surface area contributed by atoms with Gasteiger partial charge in [-0.25, -0.2) is 0 Å². The van der Waals surface area contributed by atoms with E-state index in [-0.39, 0.29) is 0 Å². The molecule has 0 aliphatic carbocycles. The van der Waals surface area contributed by atoms with E-state index < -0.39 is 0 Å². The van der Waals surface area contributed by atoms with E-state index in [2.05, 4.69) is 65.5 Å². The van der Waals surface area contributed by atoms with Gasteiger partial charge in [0.1, 0.15) is 0 Å². The predicted octanol–water partition coefficient (Wildman–Crippen LogP) is 2.48. The molecule has 2 heterocycles. The van der Waals surface area contributed by atoms with Crippen LogP contribution in [0.1, 0.15) is 29.3 Å². The molecule has 3 rings (SSSR count). The summed E-state index contributed by atoms with van der Waals surface area (Å²) in [4.78, 5) is 2.35. The molecule has 0 unspecified atom stereocenters. The molecule has 1 N–H and O–H groups in total. The van der Waals surface area contributed by atoms with Crippen molar-refractivity contribution in [2.24, 2.45) is 0 Å².